The zero-order chi connectivity index (χ0) is 14.9. The van der Waals surface area contributed by atoms with Gasteiger partial charge in [0.15, 0.2) is 11.6 Å². The number of nitrogens with one attached hydrogen (secondary N) is 1. The van der Waals surface area contributed by atoms with E-state index in [1.165, 1.54) is 13.2 Å². The highest BCUT2D eigenvalue weighted by Gasteiger charge is 2.16. The molecule has 0 fully saturated rings. The first-order valence-corrected chi connectivity index (χ1v) is 6.54. The van der Waals surface area contributed by atoms with Crippen LogP contribution in [0.2, 0.25) is 0 Å². The smallest absolute Gasteiger partial charge is 0.165 e. The van der Waals surface area contributed by atoms with Crippen LogP contribution in [-0.4, -0.2) is 16.9 Å². The number of anilines is 1. The topological polar surface area (TPSA) is 39.1 Å². The van der Waals surface area contributed by atoms with E-state index in [9.17, 15) is 4.39 Å². The highest BCUT2D eigenvalue weighted by molar-refractivity contribution is 5.51. The molecular formula is C15H20FN3O. The molecule has 0 aliphatic heterocycles. The van der Waals surface area contributed by atoms with Gasteiger partial charge in [0.2, 0.25) is 0 Å². The molecule has 0 spiro atoms. The van der Waals surface area contributed by atoms with Crippen LogP contribution in [0.15, 0.2) is 18.2 Å². The van der Waals surface area contributed by atoms with Crippen LogP contribution >= 0.6 is 0 Å². The van der Waals surface area contributed by atoms with Crippen LogP contribution in [0.3, 0.4) is 0 Å². The van der Waals surface area contributed by atoms with Crippen molar-refractivity contribution in [3.8, 4) is 5.75 Å². The summed E-state index contributed by atoms with van der Waals surface area (Å²) in [6.07, 6.45) is 0. The highest BCUT2D eigenvalue weighted by Crippen LogP contribution is 2.27. The summed E-state index contributed by atoms with van der Waals surface area (Å²) in [7, 11) is 3.39. The summed E-state index contributed by atoms with van der Waals surface area (Å²) in [4.78, 5) is 0. The van der Waals surface area contributed by atoms with Gasteiger partial charge in [-0.15, -0.1) is 0 Å². The summed E-state index contributed by atoms with van der Waals surface area (Å²) in [5.41, 5.74) is 4.10. The zero-order valence-corrected chi connectivity index (χ0v) is 12.5. The number of rotatable bonds is 4. The van der Waals surface area contributed by atoms with Crippen LogP contribution in [0.25, 0.3) is 0 Å². The Morgan fingerprint density at radius 1 is 1.35 bits per heavy atom. The fourth-order valence-electron chi connectivity index (χ4n) is 2.49. The average Bonchev–Trinajstić information content (AvgIpc) is 2.65. The van der Waals surface area contributed by atoms with Crippen LogP contribution in [0, 0.1) is 19.7 Å². The van der Waals surface area contributed by atoms with Gasteiger partial charge >= 0.3 is 0 Å². The third kappa shape index (κ3) is 2.61. The lowest BCUT2D eigenvalue weighted by atomic mass is 10.1. The van der Waals surface area contributed by atoms with Gasteiger partial charge in [-0.2, -0.15) is 5.10 Å². The van der Waals surface area contributed by atoms with E-state index in [0.717, 1.165) is 22.6 Å². The van der Waals surface area contributed by atoms with Crippen molar-refractivity contribution >= 4 is 5.69 Å². The predicted molar refractivity (Wildman–Crippen MR) is 77.7 cm³/mol. The van der Waals surface area contributed by atoms with E-state index in [1.54, 1.807) is 12.1 Å². The molecule has 1 unspecified atom stereocenters. The summed E-state index contributed by atoms with van der Waals surface area (Å²) >= 11 is 0. The normalized spacial score (nSPS) is 12.3. The second-order valence-electron chi connectivity index (χ2n) is 4.92. The number of aryl methyl sites for hydroxylation is 2. The largest absolute Gasteiger partial charge is 0.494 e. The van der Waals surface area contributed by atoms with E-state index in [0.29, 0.717) is 0 Å². The molecule has 4 nitrogen and oxygen atoms in total. The van der Waals surface area contributed by atoms with Crippen LogP contribution in [0.4, 0.5) is 10.1 Å². The number of aromatic nitrogens is 2. The number of nitrogens with zero attached hydrogens (tertiary/aromatic N) is 2. The minimum Gasteiger partial charge on any atom is -0.494 e. The number of hydrogen-bond acceptors (Lipinski definition) is 3. The average molecular weight is 277 g/mol. The molecule has 5 heteroatoms. The second kappa shape index (κ2) is 5.53. The van der Waals surface area contributed by atoms with Crippen LogP contribution in [0.5, 0.6) is 5.75 Å². The first kappa shape index (κ1) is 14.4. The molecule has 0 saturated carbocycles. The quantitative estimate of drug-likeness (QED) is 0.931. The fourth-order valence-corrected chi connectivity index (χ4v) is 2.49. The van der Waals surface area contributed by atoms with Crippen LogP contribution in [0.1, 0.15) is 29.9 Å². The maximum atomic E-state index is 13.4. The van der Waals surface area contributed by atoms with Crippen LogP contribution in [-0.2, 0) is 7.05 Å². The molecule has 0 radical (unpaired) electrons. The van der Waals surface area contributed by atoms with Crippen molar-refractivity contribution in [2.24, 2.45) is 7.05 Å². The maximum absolute atomic E-state index is 13.4. The Morgan fingerprint density at radius 3 is 2.60 bits per heavy atom. The molecule has 2 rings (SSSR count). The molecule has 1 heterocycles. The number of hydrogen-bond donors (Lipinski definition) is 1. The minimum absolute atomic E-state index is 0.0823. The standard InChI is InChI=1S/C15H20FN3O/c1-9(15-10(2)18-19(4)11(15)3)17-12-6-7-13(16)14(8-12)20-5/h6-9,17H,1-5H3. The van der Waals surface area contributed by atoms with Crippen molar-refractivity contribution in [1.82, 2.24) is 9.78 Å². The third-order valence-corrected chi connectivity index (χ3v) is 3.53. The Balaban J connectivity index is 2.25. The lowest BCUT2D eigenvalue weighted by molar-refractivity contribution is 0.387. The molecule has 0 aliphatic rings. The van der Waals surface area contributed by atoms with Gasteiger partial charge in [-0.3, -0.25) is 4.68 Å². The van der Waals surface area contributed by atoms with Crippen molar-refractivity contribution in [3.05, 3.63) is 41.0 Å². The minimum atomic E-state index is -0.362. The van der Waals surface area contributed by atoms with Gasteiger partial charge in [-0.1, -0.05) is 0 Å². The number of methoxy groups -OCH3 is 1. The van der Waals surface area contributed by atoms with Gasteiger partial charge in [0, 0.05) is 30.1 Å². The van der Waals surface area contributed by atoms with E-state index >= 15 is 0 Å². The van der Waals surface area contributed by atoms with E-state index in [-0.39, 0.29) is 17.6 Å². The first-order chi connectivity index (χ1) is 9.43. The fraction of sp³-hybridized carbons (Fsp3) is 0.400. The van der Waals surface area contributed by atoms with Gasteiger partial charge < -0.3 is 10.1 Å². The van der Waals surface area contributed by atoms with E-state index in [4.69, 9.17) is 4.74 Å². The van der Waals surface area contributed by atoms with Crippen molar-refractivity contribution in [3.63, 3.8) is 0 Å². The molecule has 2 aromatic rings. The van der Waals surface area contributed by atoms with Gasteiger partial charge in [0.05, 0.1) is 18.8 Å². The number of benzene rings is 1. The van der Waals surface area contributed by atoms with Gasteiger partial charge in [-0.25, -0.2) is 4.39 Å². The molecule has 20 heavy (non-hydrogen) atoms. The predicted octanol–water partition coefficient (Wildman–Crippen LogP) is 3.36. The molecular weight excluding hydrogens is 257 g/mol. The van der Waals surface area contributed by atoms with Crippen molar-refractivity contribution in [2.45, 2.75) is 26.8 Å². The molecule has 0 saturated heterocycles. The molecule has 108 valence electrons. The second-order valence-corrected chi connectivity index (χ2v) is 4.92. The lowest BCUT2D eigenvalue weighted by Crippen LogP contribution is -2.09. The number of halogens is 1. The van der Waals surface area contributed by atoms with Crippen molar-refractivity contribution in [2.75, 3.05) is 12.4 Å². The highest BCUT2D eigenvalue weighted by atomic mass is 19.1. The summed E-state index contributed by atoms with van der Waals surface area (Å²) in [5, 5.41) is 7.77. The summed E-state index contributed by atoms with van der Waals surface area (Å²) in [6.45, 7) is 6.09. The maximum Gasteiger partial charge on any atom is 0.165 e. The van der Waals surface area contributed by atoms with E-state index in [2.05, 4.69) is 17.3 Å². The Bertz CT molecular complexity index is 622. The Labute approximate surface area is 118 Å². The third-order valence-electron chi connectivity index (χ3n) is 3.53. The van der Waals surface area contributed by atoms with E-state index < -0.39 is 0 Å². The molecule has 1 aromatic carbocycles. The molecule has 0 amide bonds. The Kier molecular flexibility index (Phi) is 3.97. The Morgan fingerprint density at radius 2 is 2.05 bits per heavy atom. The van der Waals surface area contributed by atoms with Crippen molar-refractivity contribution < 1.29 is 9.13 Å². The summed E-state index contributed by atoms with van der Waals surface area (Å²) in [6, 6.07) is 4.85. The molecule has 1 aromatic heterocycles. The molecule has 0 aliphatic carbocycles. The zero-order valence-electron chi connectivity index (χ0n) is 12.5. The first-order valence-electron chi connectivity index (χ1n) is 6.54. The van der Waals surface area contributed by atoms with Crippen molar-refractivity contribution in [1.29, 1.82) is 0 Å². The van der Waals surface area contributed by atoms with Gasteiger partial charge in [-0.05, 0) is 32.9 Å². The summed E-state index contributed by atoms with van der Waals surface area (Å²) < 4.78 is 20.3. The van der Waals surface area contributed by atoms with Gasteiger partial charge in [0.25, 0.3) is 0 Å². The molecule has 1 N–H and O–H groups in total. The van der Waals surface area contributed by atoms with E-state index in [1.807, 2.05) is 25.6 Å². The van der Waals surface area contributed by atoms with Crippen LogP contribution < -0.4 is 10.1 Å². The Hall–Kier alpha value is -2.04. The molecule has 1 atom stereocenters. The SMILES string of the molecule is COc1cc(NC(C)c2c(C)nn(C)c2C)ccc1F. The number of ether oxygens (including phenoxy) is 1. The molecule has 0 bridgehead atoms. The van der Waals surface area contributed by atoms with Gasteiger partial charge in [0.1, 0.15) is 0 Å². The lowest BCUT2D eigenvalue weighted by Gasteiger charge is -2.17. The summed E-state index contributed by atoms with van der Waals surface area (Å²) in [5.74, 6) is -0.124. The monoisotopic (exact) mass is 277 g/mol.